The quantitative estimate of drug-likeness (QED) is 0.787. The molecule has 2 aromatic carbocycles. The number of hydrogen-bond donors (Lipinski definition) is 2. The number of benzene rings is 2. The molecule has 0 bridgehead atoms. The largest absolute Gasteiger partial charge is 0.396 e. The first-order valence-corrected chi connectivity index (χ1v) is 6.56. The molecule has 0 fully saturated rings. The molecule has 0 saturated heterocycles. The Morgan fingerprint density at radius 1 is 1.20 bits per heavy atom. The monoisotopic (exact) mass is 360 g/mol. The molecule has 0 aromatic heterocycles. The Balaban J connectivity index is 2.30. The highest BCUT2D eigenvalue weighted by Crippen LogP contribution is 2.25. The zero-order valence-electron chi connectivity index (χ0n) is 9.88. The molecule has 2 rings (SSSR count). The van der Waals surface area contributed by atoms with Gasteiger partial charge in [0.2, 0.25) is 0 Å². The third-order valence-electron chi connectivity index (χ3n) is 2.51. The van der Waals surface area contributed by atoms with E-state index in [1.165, 1.54) is 18.2 Å². The number of hydrogen-bond acceptors (Lipinski definition) is 2. The Kier molecular flexibility index (Phi) is 4.25. The van der Waals surface area contributed by atoms with E-state index in [4.69, 9.17) is 17.3 Å². The Morgan fingerprint density at radius 2 is 1.90 bits per heavy atom. The van der Waals surface area contributed by atoms with E-state index in [1.54, 1.807) is 0 Å². The van der Waals surface area contributed by atoms with Gasteiger partial charge >= 0.3 is 0 Å². The second-order valence-electron chi connectivity index (χ2n) is 3.93. The van der Waals surface area contributed by atoms with Gasteiger partial charge in [0.15, 0.2) is 0 Å². The van der Waals surface area contributed by atoms with Crippen LogP contribution in [0.25, 0.3) is 0 Å². The van der Waals surface area contributed by atoms with Crippen LogP contribution in [-0.2, 0) is 0 Å². The average Bonchev–Trinajstić information content (AvgIpc) is 2.35. The van der Waals surface area contributed by atoms with Crippen molar-refractivity contribution in [1.29, 1.82) is 0 Å². The van der Waals surface area contributed by atoms with Gasteiger partial charge < -0.3 is 11.1 Å². The lowest BCUT2D eigenvalue weighted by atomic mass is 10.2. The fourth-order valence-corrected chi connectivity index (χ4v) is 2.39. The van der Waals surface area contributed by atoms with Gasteiger partial charge in [-0.2, -0.15) is 0 Å². The van der Waals surface area contributed by atoms with E-state index in [0.29, 0.717) is 15.6 Å². The first-order valence-electron chi connectivity index (χ1n) is 5.39. The minimum absolute atomic E-state index is 0.198. The van der Waals surface area contributed by atoms with Crippen molar-refractivity contribution in [3.05, 3.63) is 57.0 Å². The van der Waals surface area contributed by atoms with Crippen LogP contribution in [0.1, 0.15) is 10.4 Å². The van der Waals surface area contributed by atoms with Crippen molar-refractivity contribution in [1.82, 2.24) is 0 Å². The smallest absolute Gasteiger partial charge is 0.256 e. The van der Waals surface area contributed by atoms with Crippen LogP contribution in [-0.4, -0.2) is 5.91 Å². The zero-order chi connectivity index (χ0) is 14.9. The van der Waals surface area contributed by atoms with E-state index in [9.17, 15) is 13.6 Å². The molecule has 1 amide bonds. The van der Waals surface area contributed by atoms with E-state index in [0.717, 1.165) is 6.07 Å². The molecule has 7 heteroatoms. The number of carbonyl (C=O) groups excluding carboxylic acids is 1. The first kappa shape index (κ1) is 14.7. The lowest BCUT2D eigenvalue weighted by molar-refractivity contribution is 0.102. The van der Waals surface area contributed by atoms with E-state index in [1.807, 2.05) is 0 Å². The second-order valence-corrected chi connectivity index (χ2v) is 5.22. The van der Waals surface area contributed by atoms with Gasteiger partial charge in [0.05, 0.1) is 16.9 Å². The van der Waals surface area contributed by atoms with Gasteiger partial charge in [-0.25, -0.2) is 8.78 Å². The summed E-state index contributed by atoms with van der Waals surface area (Å²) in [5.41, 5.74) is 5.14. The van der Waals surface area contributed by atoms with Gasteiger partial charge in [-0.05, 0) is 40.2 Å². The molecule has 0 saturated carbocycles. The number of anilines is 2. The van der Waals surface area contributed by atoms with Crippen LogP contribution < -0.4 is 11.1 Å². The summed E-state index contributed by atoms with van der Waals surface area (Å²) in [5.74, 6) is -2.36. The molecular formula is C13H8BrClF2N2O. The third kappa shape index (κ3) is 3.08. The van der Waals surface area contributed by atoms with Gasteiger partial charge in [-0.1, -0.05) is 11.6 Å². The topological polar surface area (TPSA) is 55.1 Å². The van der Waals surface area contributed by atoms with Crippen LogP contribution in [0.2, 0.25) is 5.02 Å². The van der Waals surface area contributed by atoms with Crippen molar-refractivity contribution in [2.45, 2.75) is 0 Å². The van der Waals surface area contributed by atoms with Crippen molar-refractivity contribution in [2.75, 3.05) is 11.1 Å². The van der Waals surface area contributed by atoms with Crippen molar-refractivity contribution in [3.63, 3.8) is 0 Å². The summed E-state index contributed by atoms with van der Waals surface area (Å²) in [7, 11) is 0. The lowest BCUT2D eigenvalue weighted by Crippen LogP contribution is -2.14. The van der Waals surface area contributed by atoms with Gasteiger partial charge in [0.1, 0.15) is 11.6 Å². The van der Waals surface area contributed by atoms with Crippen LogP contribution in [0, 0.1) is 11.6 Å². The van der Waals surface area contributed by atoms with Crippen LogP contribution in [0.3, 0.4) is 0 Å². The molecule has 3 nitrogen and oxygen atoms in total. The molecule has 0 atom stereocenters. The SMILES string of the molecule is Nc1cc(NC(=O)c2ccc(Cl)cc2Br)c(F)cc1F. The van der Waals surface area contributed by atoms with Crippen molar-refractivity contribution < 1.29 is 13.6 Å². The van der Waals surface area contributed by atoms with Crippen LogP contribution in [0.4, 0.5) is 20.2 Å². The molecule has 0 heterocycles. The lowest BCUT2D eigenvalue weighted by Gasteiger charge is -2.09. The highest BCUT2D eigenvalue weighted by molar-refractivity contribution is 9.10. The van der Waals surface area contributed by atoms with Crippen LogP contribution in [0.15, 0.2) is 34.8 Å². The molecule has 20 heavy (non-hydrogen) atoms. The molecule has 0 aliphatic carbocycles. The maximum atomic E-state index is 13.5. The fraction of sp³-hybridized carbons (Fsp3) is 0. The van der Waals surface area contributed by atoms with Gasteiger partial charge in [-0.15, -0.1) is 0 Å². The van der Waals surface area contributed by atoms with Gasteiger partial charge in [-0.3, -0.25) is 4.79 Å². The summed E-state index contributed by atoms with van der Waals surface area (Å²) >= 11 is 8.95. The number of amides is 1. The molecule has 3 N–H and O–H groups in total. The van der Waals surface area contributed by atoms with E-state index in [2.05, 4.69) is 21.2 Å². The highest BCUT2D eigenvalue weighted by atomic mass is 79.9. The molecule has 0 unspecified atom stereocenters. The van der Waals surface area contributed by atoms with Crippen molar-refractivity contribution in [2.24, 2.45) is 0 Å². The van der Waals surface area contributed by atoms with Crippen LogP contribution >= 0.6 is 27.5 Å². The zero-order valence-corrected chi connectivity index (χ0v) is 12.2. The minimum Gasteiger partial charge on any atom is -0.396 e. The van der Waals surface area contributed by atoms with Gasteiger partial charge in [0, 0.05) is 15.6 Å². The molecule has 0 aliphatic rings. The second kappa shape index (κ2) is 5.76. The Labute approximate surface area is 126 Å². The average molecular weight is 362 g/mol. The summed E-state index contributed by atoms with van der Waals surface area (Å²) in [6.45, 7) is 0. The number of halogens is 4. The number of nitrogen functional groups attached to an aromatic ring is 1. The molecule has 0 spiro atoms. The number of carbonyl (C=O) groups is 1. The Hall–Kier alpha value is -1.66. The first-order chi connectivity index (χ1) is 9.38. The summed E-state index contributed by atoms with van der Waals surface area (Å²) < 4.78 is 27.0. The predicted octanol–water partition coefficient (Wildman–Crippen LogP) is 4.22. The maximum absolute atomic E-state index is 13.5. The highest BCUT2D eigenvalue weighted by Gasteiger charge is 2.14. The van der Waals surface area contributed by atoms with Crippen LogP contribution in [0.5, 0.6) is 0 Å². The standard InChI is InChI=1S/C13H8BrClF2N2O/c14-8-3-6(15)1-2-7(8)13(20)19-12-5-11(18)9(16)4-10(12)17/h1-5H,18H2,(H,19,20). The fourth-order valence-electron chi connectivity index (χ4n) is 1.52. The normalized spacial score (nSPS) is 10.4. The minimum atomic E-state index is -0.907. The molecular weight excluding hydrogens is 354 g/mol. The summed E-state index contributed by atoms with van der Waals surface area (Å²) in [4.78, 5) is 12.0. The Bertz CT molecular complexity index is 694. The molecule has 2 aromatic rings. The molecule has 0 radical (unpaired) electrons. The number of nitrogens with one attached hydrogen (secondary N) is 1. The Morgan fingerprint density at radius 3 is 2.55 bits per heavy atom. The summed E-state index contributed by atoms with van der Waals surface area (Å²) in [6, 6.07) is 6.17. The predicted molar refractivity (Wildman–Crippen MR) is 77.9 cm³/mol. The van der Waals surface area contributed by atoms with Crippen molar-refractivity contribution in [3.8, 4) is 0 Å². The van der Waals surface area contributed by atoms with Gasteiger partial charge in [0.25, 0.3) is 5.91 Å². The number of rotatable bonds is 2. The maximum Gasteiger partial charge on any atom is 0.256 e. The molecule has 0 aliphatic heterocycles. The number of nitrogens with two attached hydrogens (primary N) is 1. The van der Waals surface area contributed by atoms with E-state index < -0.39 is 17.5 Å². The van der Waals surface area contributed by atoms with E-state index in [-0.39, 0.29) is 16.9 Å². The summed E-state index contributed by atoms with van der Waals surface area (Å²) in [5, 5.41) is 2.77. The molecule has 104 valence electrons. The van der Waals surface area contributed by atoms with Crippen molar-refractivity contribution >= 4 is 44.8 Å². The summed E-state index contributed by atoms with van der Waals surface area (Å²) in [6.07, 6.45) is 0. The third-order valence-corrected chi connectivity index (χ3v) is 3.40. The van der Waals surface area contributed by atoms with E-state index >= 15 is 0 Å².